The molecule has 1 heterocycles. The number of sulfone groups is 1. The van der Waals surface area contributed by atoms with Crippen molar-refractivity contribution in [2.75, 3.05) is 18.1 Å². The highest BCUT2D eigenvalue weighted by atomic mass is 32.2. The summed E-state index contributed by atoms with van der Waals surface area (Å²) in [5, 5.41) is 11.8. The van der Waals surface area contributed by atoms with Crippen LogP contribution in [0.4, 0.5) is 0 Å². The molecule has 0 radical (unpaired) electrons. The number of carboxylic acids is 1. The molecule has 0 spiro atoms. The second-order valence-electron chi connectivity index (χ2n) is 6.54. The molecular formula is C13H24N2O5S. The summed E-state index contributed by atoms with van der Waals surface area (Å²) < 4.78 is 23.2. The SMILES string of the molecule is CC(C(=O)NC(C)(C)C)N(CC(=O)O)C1CCS(=O)(=O)C1. The average molecular weight is 320 g/mol. The minimum atomic E-state index is -3.14. The second-order valence-corrected chi connectivity index (χ2v) is 8.77. The molecule has 0 aliphatic carbocycles. The van der Waals surface area contributed by atoms with Gasteiger partial charge in [0.1, 0.15) is 0 Å². The van der Waals surface area contributed by atoms with Gasteiger partial charge in [0.2, 0.25) is 5.91 Å². The molecule has 1 saturated heterocycles. The second kappa shape index (κ2) is 6.31. The molecular weight excluding hydrogens is 296 g/mol. The lowest BCUT2D eigenvalue weighted by Gasteiger charge is -2.33. The van der Waals surface area contributed by atoms with Gasteiger partial charge in [0.25, 0.3) is 0 Å². The van der Waals surface area contributed by atoms with Crippen molar-refractivity contribution in [2.45, 2.75) is 51.7 Å². The van der Waals surface area contributed by atoms with E-state index < -0.39 is 33.4 Å². The Morgan fingerprint density at radius 1 is 1.38 bits per heavy atom. The number of amides is 1. The molecule has 21 heavy (non-hydrogen) atoms. The first-order valence-electron chi connectivity index (χ1n) is 6.91. The zero-order chi connectivity index (χ0) is 16.4. The highest BCUT2D eigenvalue weighted by molar-refractivity contribution is 7.91. The molecule has 122 valence electrons. The van der Waals surface area contributed by atoms with Crippen LogP contribution in [0.1, 0.15) is 34.1 Å². The van der Waals surface area contributed by atoms with Crippen LogP contribution < -0.4 is 5.32 Å². The van der Waals surface area contributed by atoms with Crippen molar-refractivity contribution >= 4 is 21.7 Å². The lowest BCUT2D eigenvalue weighted by atomic mass is 10.1. The van der Waals surface area contributed by atoms with Crippen molar-refractivity contribution in [3.05, 3.63) is 0 Å². The van der Waals surface area contributed by atoms with Gasteiger partial charge in [-0.1, -0.05) is 0 Å². The van der Waals surface area contributed by atoms with Crippen LogP contribution in [0.25, 0.3) is 0 Å². The van der Waals surface area contributed by atoms with Crippen molar-refractivity contribution in [3.63, 3.8) is 0 Å². The van der Waals surface area contributed by atoms with Crippen LogP contribution in [0.2, 0.25) is 0 Å². The van der Waals surface area contributed by atoms with E-state index in [0.717, 1.165) is 0 Å². The smallest absolute Gasteiger partial charge is 0.317 e. The van der Waals surface area contributed by atoms with E-state index >= 15 is 0 Å². The Labute approximate surface area is 125 Å². The van der Waals surface area contributed by atoms with Gasteiger partial charge in [-0.3, -0.25) is 14.5 Å². The van der Waals surface area contributed by atoms with Crippen LogP contribution in [0.5, 0.6) is 0 Å². The van der Waals surface area contributed by atoms with E-state index in [0.29, 0.717) is 6.42 Å². The zero-order valence-electron chi connectivity index (χ0n) is 12.9. The molecule has 0 aromatic heterocycles. The van der Waals surface area contributed by atoms with E-state index in [4.69, 9.17) is 5.11 Å². The number of carbonyl (C=O) groups excluding carboxylic acids is 1. The van der Waals surface area contributed by atoms with Gasteiger partial charge >= 0.3 is 5.97 Å². The topological polar surface area (TPSA) is 104 Å². The average Bonchev–Trinajstić information content (AvgIpc) is 2.63. The summed E-state index contributed by atoms with van der Waals surface area (Å²) in [6.45, 7) is 6.76. The van der Waals surface area contributed by atoms with Gasteiger partial charge in [0, 0.05) is 11.6 Å². The monoisotopic (exact) mass is 320 g/mol. The van der Waals surface area contributed by atoms with Crippen molar-refractivity contribution in [2.24, 2.45) is 0 Å². The summed E-state index contributed by atoms with van der Waals surface area (Å²) in [6.07, 6.45) is 0.364. The van der Waals surface area contributed by atoms with Gasteiger partial charge in [-0.2, -0.15) is 0 Å². The standard InChI is InChI=1S/C13H24N2O5S/c1-9(12(18)14-13(2,3)4)15(7-11(16)17)10-5-6-21(19,20)8-10/h9-10H,5-8H2,1-4H3,(H,14,18)(H,16,17). The summed E-state index contributed by atoms with van der Waals surface area (Å²) >= 11 is 0. The molecule has 7 nitrogen and oxygen atoms in total. The fourth-order valence-electron chi connectivity index (χ4n) is 2.40. The molecule has 2 unspecified atom stereocenters. The number of hydrogen-bond acceptors (Lipinski definition) is 5. The molecule has 1 fully saturated rings. The van der Waals surface area contributed by atoms with Crippen molar-refractivity contribution in [3.8, 4) is 0 Å². The minimum Gasteiger partial charge on any atom is -0.480 e. The first-order valence-corrected chi connectivity index (χ1v) is 8.73. The van der Waals surface area contributed by atoms with Crippen LogP contribution in [0, 0.1) is 0 Å². The third-order valence-electron chi connectivity index (χ3n) is 3.37. The number of hydrogen-bond donors (Lipinski definition) is 2. The molecule has 0 bridgehead atoms. The van der Waals surface area contributed by atoms with E-state index in [1.54, 1.807) is 6.92 Å². The molecule has 1 amide bonds. The van der Waals surface area contributed by atoms with Crippen LogP contribution >= 0.6 is 0 Å². The minimum absolute atomic E-state index is 0.0431. The number of nitrogens with zero attached hydrogens (tertiary/aromatic N) is 1. The van der Waals surface area contributed by atoms with Gasteiger partial charge in [-0.25, -0.2) is 8.42 Å². The fraction of sp³-hybridized carbons (Fsp3) is 0.846. The third-order valence-corrected chi connectivity index (χ3v) is 5.12. The Balaban J connectivity index is 2.87. The number of carboxylic acid groups (broad SMARTS) is 1. The van der Waals surface area contributed by atoms with Gasteiger partial charge in [-0.05, 0) is 34.1 Å². The zero-order valence-corrected chi connectivity index (χ0v) is 13.7. The van der Waals surface area contributed by atoms with E-state index in [2.05, 4.69) is 5.32 Å². The largest absolute Gasteiger partial charge is 0.480 e. The number of carbonyl (C=O) groups is 2. The van der Waals surface area contributed by atoms with E-state index in [-0.39, 0.29) is 24.0 Å². The molecule has 1 rings (SSSR count). The lowest BCUT2D eigenvalue weighted by molar-refractivity contribution is -0.140. The van der Waals surface area contributed by atoms with Crippen LogP contribution in [0.3, 0.4) is 0 Å². The Kier molecular flexibility index (Phi) is 5.38. The molecule has 0 saturated carbocycles. The van der Waals surface area contributed by atoms with Crippen LogP contribution in [0.15, 0.2) is 0 Å². The highest BCUT2D eigenvalue weighted by Crippen LogP contribution is 2.20. The van der Waals surface area contributed by atoms with Crippen molar-refractivity contribution < 1.29 is 23.1 Å². The molecule has 2 atom stereocenters. The predicted molar refractivity (Wildman–Crippen MR) is 78.8 cm³/mol. The summed E-state index contributed by atoms with van der Waals surface area (Å²) in [4.78, 5) is 24.7. The molecule has 2 N–H and O–H groups in total. The Morgan fingerprint density at radius 2 is 1.95 bits per heavy atom. The van der Waals surface area contributed by atoms with Gasteiger partial charge in [0.15, 0.2) is 9.84 Å². The Hall–Kier alpha value is -1.15. The van der Waals surface area contributed by atoms with E-state index in [9.17, 15) is 18.0 Å². The number of rotatable bonds is 5. The van der Waals surface area contributed by atoms with E-state index in [1.165, 1.54) is 4.90 Å². The summed E-state index contributed by atoms with van der Waals surface area (Å²) in [5.41, 5.74) is -0.429. The molecule has 8 heteroatoms. The first-order chi connectivity index (χ1) is 9.41. The highest BCUT2D eigenvalue weighted by Gasteiger charge is 2.37. The maximum absolute atomic E-state index is 12.2. The van der Waals surface area contributed by atoms with Crippen LogP contribution in [-0.4, -0.2) is 66.0 Å². The molecule has 0 aromatic rings. The number of aliphatic carboxylic acids is 1. The molecule has 1 aliphatic heterocycles. The molecule has 1 aliphatic rings. The van der Waals surface area contributed by atoms with E-state index in [1.807, 2.05) is 20.8 Å². The fourth-order valence-corrected chi connectivity index (χ4v) is 4.14. The Morgan fingerprint density at radius 3 is 2.33 bits per heavy atom. The maximum Gasteiger partial charge on any atom is 0.317 e. The summed E-state index contributed by atoms with van der Waals surface area (Å²) in [6, 6.07) is -1.12. The van der Waals surface area contributed by atoms with Gasteiger partial charge < -0.3 is 10.4 Å². The van der Waals surface area contributed by atoms with Gasteiger partial charge in [-0.15, -0.1) is 0 Å². The van der Waals surface area contributed by atoms with Crippen molar-refractivity contribution in [1.29, 1.82) is 0 Å². The summed E-state index contributed by atoms with van der Waals surface area (Å²) in [7, 11) is -3.14. The number of nitrogens with one attached hydrogen (secondary N) is 1. The third kappa shape index (κ3) is 5.62. The van der Waals surface area contributed by atoms with Crippen molar-refractivity contribution in [1.82, 2.24) is 10.2 Å². The lowest BCUT2D eigenvalue weighted by Crippen LogP contribution is -2.55. The maximum atomic E-state index is 12.2. The molecule has 0 aromatic carbocycles. The Bertz CT molecular complexity index is 509. The quantitative estimate of drug-likeness (QED) is 0.731. The van der Waals surface area contributed by atoms with Gasteiger partial charge in [0.05, 0.1) is 24.1 Å². The predicted octanol–water partition coefficient (Wildman–Crippen LogP) is -0.137. The summed E-state index contributed by atoms with van der Waals surface area (Å²) in [5.74, 6) is -1.42. The normalized spacial score (nSPS) is 23.0. The first kappa shape index (κ1) is 17.9. The van der Waals surface area contributed by atoms with Crippen LogP contribution in [-0.2, 0) is 19.4 Å².